The number of carbonyl (C=O) groups is 2. The smallest absolute Gasteiger partial charge is 0.252 e. The summed E-state index contributed by atoms with van der Waals surface area (Å²) in [5.74, 6) is -0.922. The Bertz CT molecular complexity index is 411. The first-order valence-electron chi connectivity index (χ1n) is 9.09. The summed E-state index contributed by atoms with van der Waals surface area (Å²) in [5, 5.41) is 10.6. The summed E-state index contributed by atoms with van der Waals surface area (Å²) in [6.45, 7) is 1.51. The van der Waals surface area contributed by atoms with Crippen LogP contribution in [0.15, 0.2) is 36.5 Å². The van der Waals surface area contributed by atoms with Crippen LogP contribution in [0.5, 0.6) is 0 Å². The third kappa shape index (κ3) is 16.7. The van der Waals surface area contributed by atoms with Gasteiger partial charge in [-0.05, 0) is 38.5 Å². The number of imide groups is 1. The van der Waals surface area contributed by atoms with Crippen molar-refractivity contribution in [1.29, 1.82) is 0 Å². The van der Waals surface area contributed by atoms with Crippen molar-refractivity contribution < 1.29 is 14.7 Å². The molecule has 0 spiro atoms. The van der Waals surface area contributed by atoms with Crippen LogP contribution in [0.3, 0.4) is 0 Å². The van der Waals surface area contributed by atoms with Crippen molar-refractivity contribution in [3.63, 3.8) is 0 Å². The molecule has 0 heterocycles. The molecule has 0 rings (SSSR count). The van der Waals surface area contributed by atoms with Gasteiger partial charge < -0.3 is 5.11 Å². The summed E-state index contributed by atoms with van der Waals surface area (Å²) in [6, 6.07) is 0. The van der Waals surface area contributed by atoms with Gasteiger partial charge in [0.2, 0.25) is 5.91 Å². The molecule has 0 unspecified atom stereocenters. The van der Waals surface area contributed by atoms with E-state index in [-0.39, 0.29) is 5.91 Å². The van der Waals surface area contributed by atoms with E-state index in [2.05, 4.69) is 48.7 Å². The lowest BCUT2D eigenvalue weighted by Crippen LogP contribution is -2.32. The van der Waals surface area contributed by atoms with Crippen LogP contribution in [0.25, 0.3) is 0 Å². The first kappa shape index (κ1) is 22.3. The molecule has 0 aromatic rings. The van der Waals surface area contributed by atoms with Crippen LogP contribution in [-0.4, -0.2) is 23.5 Å². The Morgan fingerprint density at radius 1 is 0.792 bits per heavy atom. The number of amides is 2. The average molecular weight is 335 g/mol. The second-order valence-corrected chi connectivity index (χ2v) is 5.73. The lowest BCUT2D eigenvalue weighted by Gasteiger charge is -2.02. The van der Waals surface area contributed by atoms with Crippen molar-refractivity contribution >= 4 is 11.8 Å². The highest BCUT2D eigenvalue weighted by molar-refractivity contribution is 5.95. The number of aliphatic hydroxyl groups excluding tert-OH is 1. The van der Waals surface area contributed by atoms with Gasteiger partial charge in [-0.2, -0.15) is 0 Å². The Morgan fingerprint density at radius 2 is 1.38 bits per heavy atom. The Morgan fingerprint density at radius 3 is 2.04 bits per heavy atom. The zero-order valence-corrected chi connectivity index (χ0v) is 15.0. The summed E-state index contributed by atoms with van der Waals surface area (Å²) in [4.78, 5) is 22.1. The minimum Gasteiger partial charge on any atom is -0.387 e. The van der Waals surface area contributed by atoms with Crippen molar-refractivity contribution in [3.8, 4) is 0 Å². The van der Waals surface area contributed by atoms with Crippen molar-refractivity contribution in [2.45, 2.75) is 71.1 Å². The zero-order valence-electron chi connectivity index (χ0n) is 15.0. The normalized spacial score (nSPS) is 11.8. The number of allylic oxidation sites excluding steroid dienone is 6. The van der Waals surface area contributed by atoms with Gasteiger partial charge in [-0.15, -0.1) is 0 Å². The van der Waals surface area contributed by atoms with Crippen molar-refractivity contribution in [3.05, 3.63) is 36.5 Å². The van der Waals surface area contributed by atoms with Crippen LogP contribution in [0.4, 0.5) is 0 Å². The predicted octanol–water partition coefficient (Wildman–Crippen LogP) is 4.21. The second kappa shape index (κ2) is 17.7. The van der Waals surface area contributed by atoms with E-state index in [4.69, 9.17) is 5.11 Å². The van der Waals surface area contributed by atoms with Crippen molar-refractivity contribution in [2.75, 3.05) is 6.61 Å². The molecular weight excluding hydrogens is 302 g/mol. The van der Waals surface area contributed by atoms with Crippen LogP contribution in [-0.2, 0) is 9.59 Å². The second-order valence-electron chi connectivity index (χ2n) is 5.73. The minimum atomic E-state index is -0.634. The summed E-state index contributed by atoms with van der Waals surface area (Å²) >= 11 is 0. The molecule has 0 aliphatic carbocycles. The van der Waals surface area contributed by atoms with Gasteiger partial charge in [-0.25, -0.2) is 0 Å². The fourth-order valence-corrected chi connectivity index (χ4v) is 2.16. The van der Waals surface area contributed by atoms with E-state index in [9.17, 15) is 9.59 Å². The predicted molar refractivity (Wildman–Crippen MR) is 99.5 cm³/mol. The largest absolute Gasteiger partial charge is 0.387 e. The SMILES string of the molecule is CC/C=C\C/C=C\C/C=C\CCCCCCCC(=O)NC(=O)CO. The van der Waals surface area contributed by atoms with E-state index in [1.807, 2.05) is 0 Å². The molecule has 2 amide bonds. The number of aliphatic hydroxyl groups is 1. The van der Waals surface area contributed by atoms with Crippen molar-refractivity contribution in [2.24, 2.45) is 0 Å². The first-order valence-corrected chi connectivity index (χ1v) is 9.09. The first-order chi connectivity index (χ1) is 11.7. The van der Waals surface area contributed by atoms with Gasteiger partial charge in [0.15, 0.2) is 0 Å². The molecule has 0 saturated carbocycles. The highest BCUT2D eigenvalue weighted by Crippen LogP contribution is 2.08. The molecule has 0 saturated heterocycles. The fourth-order valence-electron chi connectivity index (χ4n) is 2.16. The van der Waals surface area contributed by atoms with E-state index in [0.717, 1.165) is 44.9 Å². The maximum Gasteiger partial charge on any atom is 0.252 e. The Hall–Kier alpha value is -1.68. The van der Waals surface area contributed by atoms with Gasteiger partial charge >= 0.3 is 0 Å². The van der Waals surface area contributed by atoms with E-state index in [1.54, 1.807) is 0 Å². The highest BCUT2D eigenvalue weighted by Gasteiger charge is 2.05. The Kier molecular flexibility index (Phi) is 16.4. The van der Waals surface area contributed by atoms with E-state index >= 15 is 0 Å². The zero-order chi connectivity index (χ0) is 17.9. The maximum atomic E-state index is 11.3. The number of nitrogens with one attached hydrogen (secondary N) is 1. The highest BCUT2D eigenvalue weighted by atomic mass is 16.3. The number of carbonyl (C=O) groups excluding carboxylic acids is 2. The molecule has 136 valence electrons. The average Bonchev–Trinajstić information content (AvgIpc) is 2.58. The van der Waals surface area contributed by atoms with E-state index < -0.39 is 12.5 Å². The molecule has 0 bridgehead atoms. The quantitative estimate of drug-likeness (QED) is 0.369. The molecule has 2 N–H and O–H groups in total. The maximum absolute atomic E-state index is 11.3. The molecule has 4 heteroatoms. The van der Waals surface area contributed by atoms with E-state index in [0.29, 0.717) is 6.42 Å². The van der Waals surface area contributed by atoms with Crippen LogP contribution >= 0.6 is 0 Å². The minimum absolute atomic E-state index is 0.296. The molecule has 4 nitrogen and oxygen atoms in total. The van der Waals surface area contributed by atoms with Crippen LogP contribution in [0.1, 0.15) is 71.1 Å². The number of unbranched alkanes of at least 4 members (excludes halogenated alkanes) is 5. The van der Waals surface area contributed by atoms with Gasteiger partial charge in [-0.3, -0.25) is 14.9 Å². The fraction of sp³-hybridized carbons (Fsp3) is 0.600. The summed E-state index contributed by atoms with van der Waals surface area (Å²) in [5.41, 5.74) is 0. The van der Waals surface area contributed by atoms with Crippen LogP contribution in [0, 0.1) is 0 Å². The third-order valence-electron chi connectivity index (χ3n) is 3.48. The summed E-state index contributed by atoms with van der Waals surface area (Å²) in [6.07, 6.45) is 23.0. The molecule has 0 aliphatic heterocycles. The number of hydrogen-bond acceptors (Lipinski definition) is 3. The molecule has 0 aromatic heterocycles. The monoisotopic (exact) mass is 335 g/mol. The third-order valence-corrected chi connectivity index (χ3v) is 3.48. The Balaban J connectivity index is 3.36. The molecule has 0 aromatic carbocycles. The summed E-state index contributed by atoms with van der Waals surface area (Å²) in [7, 11) is 0. The molecule has 0 fully saturated rings. The van der Waals surface area contributed by atoms with Gasteiger partial charge in [0, 0.05) is 6.42 Å². The van der Waals surface area contributed by atoms with Crippen molar-refractivity contribution in [1.82, 2.24) is 5.32 Å². The van der Waals surface area contributed by atoms with Crippen LogP contribution < -0.4 is 5.32 Å². The van der Waals surface area contributed by atoms with Gasteiger partial charge in [0.25, 0.3) is 5.91 Å². The van der Waals surface area contributed by atoms with Gasteiger partial charge in [-0.1, -0.05) is 62.6 Å². The summed E-state index contributed by atoms with van der Waals surface area (Å²) < 4.78 is 0. The molecule has 24 heavy (non-hydrogen) atoms. The van der Waals surface area contributed by atoms with E-state index in [1.165, 1.54) is 12.8 Å². The molecule has 0 atom stereocenters. The molecule has 0 aliphatic rings. The van der Waals surface area contributed by atoms with Gasteiger partial charge in [0.05, 0.1) is 0 Å². The topological polar surface area (TPSA) is 66.4 Å². The van der Waals surface area contributed by atoms with Crippen LogP contribution in [0.2, 0.25) is 0 Å². The number of rotatable bonds is 14. The Labute approximate surface area is 146 Å². The van der Waals surface area contributed by atoms with Gasteiger partial charge in [0.1, 0.15) is 6.61 Å². The molecular formula is C20H33NO3. The standard InChI is InChI=1S/C20H33NO3/c1-2-3-4-5-6-7-8-9-10-11-12-13-14-15-16-17-19(23)21-20(24)18-22/h3-4,6-7,9-10,22H,2,5,8,11-18H2,1H3,(H,21,23,24)/b4-3-,7-6-,10-9-. The lowest BCUT2D eigenvalue weighted by atomic mass is 10.1. The lowest BCUT2D eigenvalue weighted by molar-refractivity contribution is -0.132. The molecule has 0 radical (unpaired) electrons. The number of hydrogen-bond donors (Lipinski definition) is 2.